The number of aromatic nitrogens is 4. The standard InChI is InChI=1S/C15H16Cl2FN3O4S.C13H12Cl2FN3O2/c1-2-26(23,24)19-12-7-9(11(18)8-10(12)16)13-14(17)20-3-5-25-6-4-21(20)15(13)22;14-8-6-9(16)7(5-10(8)17)11-12(15)18-1-3-21-4-2-19(18)13(11)20/h7-8,19H,2-6H2,1H3;5-6H,1-4,17H2. The Bertz CT molecular complexity index is 2080. The Balaban J connectivity index is 0.000000189. The summed E-state index contributed by atoms with van der Waals surface area (Å²) in [6.45, 7) is 4.44. The number of hydrogen-bond donors (Lipinski definition) is 2. The Morgan fingerprint density at radius 2 is 1.17 bits per heavy atom. The van der Waals surface area contributed by atoms with Crippen molar-refractivity contribution in [2.45, 2.75) is 33.1 Å². The number of ether oxygens (including phenoxy) is 2. The van der Waals surface area contributed by atoms with Crippen molar-refractivity contribution in [2.24, 2.45) is 0 Å². The normalized spacial score (nSPS) is 14.8. The highest BCUT2D eigenvalue weighted by Crippen LogP contribution is 2.35. The van der Waals surface area contributed by atoms with E-state index in [4.69, 9.17) is 61.6 Å². The number of nitrogens with one attached hydrogen (secondary N) is 1. The van der Waals surface area contributed by atoms with Crippen molar-refractivity contribution < 1.29 is 26.7 Å². The maximum Gasteiger partial charge on any atom is 0.276 e. The highest BCUT2D eigenvalue weighted by Gasteiger charge is 2.26. The van der Waals surface area contributed by atoms with E-state index in [1.165, 1.54) is 33.1 Å². The summed E-state index contributed by atoms with van der Waals surface area (Å²) in [6, 6.07) is 4.55. The lowest BCUT2D eigenvalue weighted by Crippen LogP contribution is -2.23. The van der Waals surface area contributed by atoms with E-state index in [2.05, 4.69) is 4.72 Å². The number of fused-ring (bicyclic) bond motifs is 2. The fraction of sp³-hybridized carbons (Fsp3) is 0.357. The van der Waals surface area contributed by atoms with Crippen molar-refractivity contribution in [2.75, 3.05) is 42.6 Å². The van der Waals surface area contributed by atoms with E-state index in [0.29, 0.717) is 46.1 Å². The molecule has 0 radical (unpaired) electrons. The van der Waals surface area contributed by atoms with E-state index in [0.717, 1.165) is 12.1 Å². The summed E-state index contributed by atoms with van der Waals surface area (Å²) in [5.41, 5.74) is 5.01. The Kier molecular flexibility index (Phi) is 10.7. The first-order valence-electron chi connectivity index (χ1n) is 14.1. The van der Waals surface area contributed by atoms with Gasteiger partial charge in [-0.05, 0) is 31.2 Å². The molecular weight excluding hydrogens is 728 g/mol. The minimum Gasteiger partial charge on any atom is -0.398 e. The van der Waals surface area contributed by atoms with Crippen molar-refractivity contribution >= 4 is 67.8 Å². The first kappa shape index (κ1) is 35.3. The number of anilines is 2. The summed E-state index contributed by atoms with van der Waals surface area (Å²) < 4.78 is 71.1. The molecule has 47 heavy (non-hydrogen) atoms. The largest absolute Gasteiger partial charge is 0.398 e. The van der Waals surface area contributed by atoms with Crippen molar-refractivity contribution in [1.82, 2.24) is 18.7 Å². The van der Waals surface area contributed by atoms with E-state index >= 15 is 0 Å². The second-order valence-electron chi connectivity index (χ2n) is 10.3. The zero-order chi connectivity index (χ0) is 34.2. The molecule has 19 heteroatoms. The van der Waals surface area contributed by atoms with Crippen LogP contribution in [0, 0.1) is 11.6 Å². The van der Waals surface area contributed by atoms with Crippen LogP contribution in [0.15, 0.2) is 33.9 Å². The van der Waals surface area contributed by atoms with Crippen molar-refractivity contribution in [3.63, 3.8) is 0 Å². The lowest BCUT2D eigenvalue weighted by Gasteiger charge is -2.11. The van der Waals surface area contributed by atoms with Gasteiger partial charge in [-0.1, -0.05) is 46.4 Å². The summed E-state index contributed by atoms with van der Waals surface area (Å²) in [7, 11) is -3.63. The van der Waals surface area contributed by atoms with Gasteiger partial charge < -0.3 is 15.2 Å². The van der Waals surface area contributed by atoms with Crippen LogP contribution in [0.3, 0.4) is 0 Å². The predicted molar refractivity (Wildman–Crippen MR) is 177 cm³/mol. The highest BCUT2D eigenvalue weighted by molar-refractivity contribution is 7.92. The van der Waals surface area contributed by atoms with E-state index in [1.807, 2.05) is 0 Å². The van der Waals surface area contributed by atoms with Crippen molar-refractivity contribution in [3.05, 3.63) is 77.0 Å². The van der Waals surface area contributed by atoms with Crippen LogP contribution in [-0.2, 0) is 45.7 Å². The third-order valence-electron chi connectivity index (χ3n) is 7.46. The first-order valence-corrected chi connectivity index (χ1v) is 17.3. The molecule has 3 N–H and O–H groups in total. The fourth-order valence-electron chi connectivity index (χ4n) is 5.08. The summed E-state index contributed by atoms with van der Waals surface area (Å²) >= 11 is 24.3. The van der Waals surface area contributed by atoms with Crippen LogP contribution in [0.1, 0.15) is 6.92 Å². The van der Waals surface area contributed by atoms with Crippen LogP contribution in [0.4, 0.5) is 20.2 Å². The Labute approximate surface area is 287 Å². The molecule has 0 saturated heterocycles. The molecule has 0 saturated carbocycles. The quantitative estimate of drug-likeness (QED) is 0.275. The number of sulfonamides is 1. The lowest BCUT2D eigenvalue weighted by molar-refractivity contribution is 0.137. The number of nitrogens with two attached hydrogens (primary N) is 1. The number of nitrogen functional groups attached to an aromatic ring is 1. The molecule has 0 bridgehead atoms. The summed E-state index contributed by atoms with van der Waals surface area (Å²) in [6.07, 6.45) is 0. The Hall–Kier alpha value is -3.05. The predicted octanol–water partition coefficient (Wildman–Crippen LogP) is 4.93. The minimum absolute atomic E-state index is 0.0184. The fourth-order valence-corrected chi connectivity index (χ4v) is 6.85. The Morgan fingerprint density at radius 1 is 0.745 bits per heavy atom. The first-order chi connectivity index (χ1) is 22.3. The second-order valence-corrected chi connectivity index (χ2v) is 13.9. The van der Waals surface area contributed by atoms with Gasteiger partial charge in [0.25, 0.3) is 11.1 Å². The van der Waals surface area contributed by atoms with Gasteiger partial charge in [0.15, 0.2) is 0 Å². The summed E-state index contributed by atoms with van der Waals surface area (Å²) in [5.74, 6) is -1.59. The van der Waals surface area contributed by atoms with Gasteiger partial charge in [-0.15, -0.1) is 0 Å². The molecule has 12 nitrogen and oxygen atoms in total. The average molecular weight is 756 g/mol. The number of nitrogens with zero attached hydrogens (tertiary/aromatic N) is 4. The van der Waals surface area contributed by atoms with Gasteiger partial charge in [0, 0.05) is 11.1 Å². The smallest absolute Gasteiger partial charge is 0.276 e. The molecule has 2 aromatic heterocycles. The minimum atomic E-state index is -3.63. The number of benzene rings is 2. The molecule has 0 unspecified atom stereocenters. The molecule has 2 aliphatic rings. The van der Waals surface area contributed by atoms with E-state index in [9.17, 15) is 26.8 Å². The van der Waals surface area contributed by atoms with Crippen molar-refractivity contribution in [1.29, 1.82) is 0 Å². The molecule has 0 spiro atoms. The van der Waals surface area contributed by atoms with Crippen molar-refractivity contribution in [3.8, 4) is 22.3 Å². The maximum absolute atomic E-state index is 14.5. The maximum atomic E-state index is 14.5. The molecular formula is C28H28Cl4F2N6O6S. The number of halogens is 6. The molecule has 0 amide bonds. The zero-order valence-electron chi connectivity index (χ0n) is 24.7. The van der Waals surface area contributed by atoms with Crippen LogP contribution >= 0.6 is 46.4 Å². The summed E-state index contributed by atoms with van der Waals surface area (Å²) in [5, 5.41) is 0.215. The van der Waals surface area contributed by atoms with Gasteiger partial charge in [0.1, 0.15) is 21.9 Å². The topological polar surface area (TPSA) is 145 Å². The van der Waals surface area contributed by atoms with E-state index in [-0.39, 0.29) is 71.8 Å². The third kappa shape index (κ3) is 7.07. The van der Waals surface area contributed by atoms with E-state index in [1.54, 1.807) is 4.68 Å². The SMILES string of the molecule is CCS(=O)(=O)Nc1cc(-c2c(Cl)n3n(c2=O)CCOCC3)c(F)cc1Cl.Nc1cc(-c2c(Cl)n3n(c2=O)CCOCC3)c(F)cc1Cl. The third-order valence-corrected chi connectivity index (χ3v) is 10.2. The second kappa shape index (κ2) is 14.2. The molecule has 254 valence electrons. The van der Waals surface area contributed by atoms with Gasteiger partial charge in [0.05, 0.1) is 90.9 Å². The van der Waals surface area contributed by atoms with Crippen LogP contribution in [-0.4, -0.2) is 59.3 Å². The molecule has 0 fully saturated rings. The number of hydrogen-bond acceptors (Lipinski definition) is 7. The lowest BCUT2D eigenvalue weighted by atomic mass is 10.1. The molecule has 2 aromatic carbocycles. The molecule has 0 aliphatic carbocycles. The van der Waals surface area contributed by atoms with Crippen LogP contribution in [0.2, 0.25) is 20.4 Å². The van der Waals surface area contributed by atoms with Gasteiger partial charge in [0.2, 0.25) is 10.0 Å². The molecule has 6 rings (SSSR count). The van der Waals surface area contributed by atoms with Gasteiger partial charge >= 0.3 is 0 Å². The monoisotopic (exact) mass is 754 g/mol. The molecule has 0 atom stereocenters. The van der Waals surface area contributed by atoms with E-state index < -0.39 is 27.2 Å². The highest BCUT2D eigenvalue weighted by atomic mass is 35.5. The van der Waals surface area contributed by atoms with Crippen LogP contribution in [0.5, 0.6) is 0 Å². The van der Waals surface area contributed by atoms with Gasteiger partial charge in [-0.3, -0.25) is 23.7 Å². The van der Waals surface area contributed by atoms with Crippen LogP contribution in [0.25, 0.3) is 22.3 Å². The Morgan fingerprint density at radius 3 is 1.64 bits per heavy atom. The van der Waals surface area contributed by atoms with Gasteiger partial charge in [-0.2, -0.15) is 0 Å². The number of rotatable bonds is 5. The average Bonchev–Trinajstić information content (AvgIpc) is 3.26. The zero-order valence-corrected chi connectivity index (χ0v) is 28.5. The van der Waals surface area contributed by atoms with Crippen LogP contribution < -0.4 is 21.6 Å². The molecule has 4 aromatic rings. The molecule has 4 heterocycles. The summed E-state index contributed by atoms with van der Waals surface area (Å²) in [4.78, 5) is 25.2. The van der Waals surface area contributed by atoms with Gasteiger partial charge in [-0.25, -0.2) is 26.6 Å². The molecule has 2 aliphatic heterocycles.